The SMILES string of the molecule is CCNCC1(CN(C)CCCCCO)CCCC1. The molecular weight excluding hydrogens is 224 g/mol. The lowest BCUT2D eigenvalue weighted by Gasteiger charge is -2.34. The van der Waals surface area contributed by atoms with Crippen LogP contribution in [0, 0.1) is 5.41 Å². The van der Waals surface area contributed by atoms with Crippen LogP contribution < -0.4 is 5.32 Å². The van der Waals surface area contributed by atoms with Gasteiger partial charge in [0.15, 0.2) is 0 Å². The zero-order chi connectivity index (χ0) is 13.3. The average Bonchev–Trinajstić information content (AvgIpc) is 2.81. The molecule has 3 nitrogen and oxygen atoms in total. The van der Waals surface area contributed by atoms with Gasteiger partial charge in [-0.2, -0.15) is 0 Å². The molecule has 18 heavy (non-hydrogen) atoms. The van der Waals surface area contributed by atoms with Crippen LogP contribution in [0.4, 0.5) is 0 Å². The van der Waals surface area contributed by atoms with Gasteiger partial charge in [-0.25, -0.2) is 0 Å². The van der Waals surface area contributed by atoms with Crippen LogP contribution in [0.25, 0.3) is 0 Å². The molecule has 0 aliphatic heterocycles. The highest BCUT2D eigenvalue weighted by molar-refractivity contribution is 4.88. The maximum atomic E-state index is 8.78. The number of nitrogens with one attached hydrogen (secondary N) is 1. The number of aliphatic hydroxyl groups is 1. The van der Waals surface area contributed by atoms with E-state index < -0.39 is 0 Å². The van der Waals surface area contributed by atoms with Crippen LogP contribution >= 0.6 is 0 Å². The molecule has 1 fully saturated rings. The molecule has 0 heterocycles. The molecule has 0 amide bonds. The Kier molecular flexibility index (Phi) is 7.87. The molecule has 0 aromatic heterocycles. The summed E-state index contributed by atoms with van der Waals surface area (Å²) in [6.45, 7) is 7.22. The topological polar surface area (TPSA) is 35.5 Å². The summed E-state index contributed by atoms with van der Waals surface area (Å²) < 4.78 is 0. The highest BCUT2D eigenvalue weighted by Gasteiger charge is 2.34. The number of unbranched alkanes of at least 4 members (excludes halogenated alkanes) is 2. The Morgan fingerprint density at radius 1 is 1.17 bits per heavy atom. The molecule has 0 aromatic rings. The third-order valence-electron chi connectivity index (χ3n) is 4.22. The van der Waals surface area contributed by atoms with Gasteiger partial charge in [-0.1, -0.05) is 19.8 Å². The van der Waals surface area contributed by atoms with Crippen molar-refractivity contribution < 1.29 is 5.11 Å². The first kappa shape index (κ1) is 15.9. The Labute approximate surface area is 113 Å². The Hall–Kier alpha value is -0.120. The average molecular weight is 256 g/mol. The number of nitrogens with zero attached hydrogens (tertiary/aromatic N) is 1. The summed E-state index contributed by atoms with van der Waals surface area (Å²) in [5.74, 6) is 0. The molecule has 1 aliphatic rings. The fourth-order valence-electron chi connectivity index (χ4n) is 3.23. The van der Waals surface area contributed by atoms with Crippen LogP contribution in [0.15, 0.2) is 0 Å². The molecule has 0 atom stereocenters. The molecule has 0 aromatic carbocycles. The van der Waals surface area contributed by atoms with E-state index in [0.717, 1.165) is 19.4 Å². The molecule has 3 heteroatoms. The molecule has 1 saturated carbocycles. The molecule has 0 bridgehead atoms. The summed E-state index contributed by atoms with van der Waals surface area (Å²) in [6, 6.07) is 0. The summed E-state index contributed by atoms with van der Waals surface area (Å²) >= 11 is 0. The Bertz CT molecular complexity index is 203. The van der Waals surface area contributed by atoms with Gasteiger partial charge < -0.3 is 15.3 Å². The van der Waals surface area contributed by atoms with Gasteiger partial charge in [-0.15, -0.1) is 0 Å². The number of rotatable bonds is 10. The van der Waals surface area contributed by atoms with Gasteiger partial charge in [0.05, 0.1) is 0 Å². The molecule has 1 rings (SSSR count). The van der Waals surface area contributed by atoms with Crippen LogP contribution in [-0.2, 0) is 0 Å². The molecule has 0 unspecified atom stereocenters. The third-order valence-corrected chi connectivity index (χ3v) is 4.22. The van der Waals surface area contributed by atoms with Crippen LogP contribution in [0.3, 0.4) is 0 Å². The first-order valence-corrected chi connectivity index (χ1v) is 7.72. The Morgan fingerprint density at radius 3 is 2.50 bits per heavy atom. The van der Waals surface area contributed by atoms with Gasteiger partial charge in [0.1, 0.15) is 0 Å². The van der Waals surface area contributed by atoms with Gasteiger partial charge in [-0.3, -0.25) is 0 Å². The van der Waals surface area contributed by atoms with Crippen molar-refractivity contribution in [3.63, 3.8) is 0 Å². The van der Waals surface area contributed by atoms with Crippen LogP contribution in [0.2, 0.25) is 0 Å². The Morgan fingerprint density at radius 2 is 1.89 bits per heavy atom. The van der Waals surface area contributed by atoms with Crippen LogP contribution in [-0.4, -0.2) is 49.8 Å². The number of aliphatic hydroxyl groups excluding tert-OH is 1. The van der Waals surface area contributed by atoms with Gasteiger partial charge in [-0.05, 0) is 57.7 Å². The normalized spacial score (nSPS) is 18.7. The minimum absolute atomic E-state index is 0.341. The van der Waals surface area contributed by atoms with Gasteiger partial charge in [0.2, 0.25) is 0 Å². The predicted molar refractivity (Wildman–Crippen MR) is 77.9 cm³/mol. The molecular formula is C15H32N2O. The lowest BCUT2D eigenvalue weighted by molar-refractivity contribution is 0.170. The van der Waals surface area contributed by atoms with E-state index in [1.165, 1.54) is 51.7 Å². The summed E-state index contributed by atoms with van der Waals surface area (Å²) in [4.78, 5) is 2.50. The van der Waals surface area contributed by atoms with Crippen molar-refractivity contribution in [1.82, 2.24) is 10.2 Å². The zero-order valence-corrected chi connectivity index (χ0v) is 12.4. The minimum Gasteiger partial charge on any atom is -0.396 e. The van der Waals surface area contributed by atoms with Crippen molar-refractivity contribution in [3.05, 3.63) is 0 Å². The van der Waals surface area contributed by atoms with E-state index in [4.69, 9.17) is 5.11 Å². The quantitative estimate of drug-likeness (QED) is 0.589. The first-order chi connectivity index (χ1) is 8.72. The number of hydrogen-bond acceptors (Lipinski definition) is 3. The summed E-state index contributed by atoms with van der Waals surface area (Å²) in [7, 11) is 2.25. The van der Waals surface area contributed by atoms with E-state index in [1.807, 2.05) is 0 Å². The lowest BCUT2D eigenvalue weighted by Crippen LogP contribution is -2.41. The highest BCUT2D eigenvalue weighted by Crippen LogP contribution is 2.38. The fourth-order valence-corrected chi connectivity index (χ4v) is 3.23. The van der Waals surface area contributed by atoms with Crippen molar-refractivity contribution in [2.24, 2.45) is 5.41 Å². The van der Waals surface area contributed by atoms with Gasteiger partial charge >= 0.3 is 0 Å². The maximum Gasteiger partial charge on any atom is 0.0431 e. The molecule has 0 radical (unpaired) electrons. The third kappa shape index (κ3) is 5.68. The van der Waals surface area contributed by atoms with Crippen molar-refractivity contribution >= 4 is 0 Å². The van der Waals surface area contributed by atoms with Crippen LogP contribution in [0.5, 0.6) is 0 Å². The molecule has 2 N–H and O–H groups in total. The lowest BCUT2D eigenvalue weighted by atomic mass is 9.85. The smallest absolute Gasteiger partial charge is 0.0431 e. The second-order valence-electron chi connectivity index (χ2n) is 6.01. The van der Waals surface area contributed by atoms with E-state index >= 15 is 0 Å². The molecule has 108 valence electrons. The minimum atomic E-state index is 0.341. The molecule has 1 aliphatic carbocycles. The summed E-state index contributed by atoms with van der Waals surface area (Å²) in [5.41, 5.74) is 0.530. The van der Waals surface area contributed by atoms with E-state index in [9.17, 15) is 0 Å². The molecule has 0 spiro atoms. The monoisotopic (exact) mass is 256 g/mol. The van der Waals surface area contributed by atoms with Crippen molar-refractivity contribution in [2.45, 2.75) is 51.9 Å². The fraction of sp³-hybridized carbons (Fsp3) is 1.00. The van der Waals surface area contributed by atoms with E-state index in [2.05, 4.69) is 24.2 Å². The van der Waals surface area contributed by atoms with Gasteiger partial charge in [0.25, 0.3) is 0 Å². The number of hydrogen-bond donors (Lipinski definition) is 2. The summed E-state index contributed by atoms with van der Waals surface area (Å²) in [6.07, 6.45) is 8.92. The van der Waals surface area contributed by atoms with E-state index in [-0.39, 0.29) is 0 Å². The van der Waals surface area contributed by atoms with Crippen LogP contribution in [0.1, 0.15) is 51.9 Å². The van der Waals surface area contributed by atoms with Crippen molar-refractivity contribution in [3.8, 4) is 0 Å². The standard InChI is InChI=1S/C15H32N2O/c1-3-16-13-15(9-5-6-10-15)14-17(2)11-7-4-8-12-18/h16,18H,3-14H2,1-2H3. The highest BCUT2D eigenvalue weighted by atomic mass is 16.2. The molecule has 0 saturated heterocycles. The zero-order valence-electron chi connectivity index (χ0n) is 12.4. The van der Waals surface area contributed by atoms with E-state index in [0.29, 0.717) is 12.0 Å². The first-order valence-electron chi connectivity index (χ1n) is 7.72. The second kappa shape index (κ2) is 8.89. The summed E-state index contributed by atoms with van der Waals surface area (Å²) in [5, 5.41) is 12.3. The van der Waals surface area contributed by atoms with Crippen molar-refractivity contribution in [1.29, 1.82) is 0 Å². The van der Waals surface area contributed by atoms with E-state index in [1.54, 1.807) is 0 Å². The Balaban J connectivity index is 2.26. The van der Waals surface area contributed by atoms with Crippen molar-refractivity contribution in [2.75, 3.05) is 39.8 Å². The largest absolute Gasteiger partial charge is 0.396 e. The maximum absolute atomic E-state index is 8.78. The van der Waals surface area contributed by atoms with Gasteiger partial charge in [0, 0.05) is 19.7 Å². The predicted octanol–water partition coefficient (Wildman–Crippen LogP) is 2.25. The second-order valence-corrected chi connectivity index (χ2v) is 6.01.